The van der Waals surface area contributed by atoms with Crippen LogP contribution in [-0.4, -0.2) is 22.0 Å². The lowest BCUT2D eigenvalue weighted by Gasteiger charge is -2.27. The van der Waals surface area contributed by atoms with Crippen LogP contribution < -0.4 is 16.1 Å². The molecule has 6 heteroatoms. The van der Waals surface area contributed by atoms with Crippen molar-refractivity contribution in [3.05, 3.63) is 75.0 Å². The molecule has 126 valence electrons. The van der Waals surface area contributed by atoms with Gasteiger partial charge in [-0.25, -0.2) is 4.79 Å². The predicted octanol–water partition coefficient (Wildman–Crippen LogP) is 1.48. The monoisotopic (exact) mass is 327 g/mol. The quantitative estimate of drug-likeness (QED) is 0.571. The van der Waals surface area contributed by atoms with E-state index in [9.17, 15) is 14.4 Å². The van der Waals surface area contributed by atoms with Gasteiger partial charge in [-0.3, -0.25) is 18.7 Å². The van der Waals surface area contributed by atoms with E-state index in [0.29, 0.717) is 31.6 Å². The van der Waals surface area contributed by atoms with E-state index < -0.39 is 11.2 Å². The molecular weight excluding hydrogens is 306 g/mol. The van der Waals surface area contributed by atoms with Crippen molar-refractivity contribution in [3.63, 3.8) is 0 Å². The maximum atomic E-state index is 12.3. The van der Waals surface area contributed by atoms with Crippen LogP contribution in [0.1, 0.15) is 22.3 Å². The summed E-state index contributed by atoms with van der Waals surface area (Å²) >= 11 is 0. The summed E-state index contributed by atoms with van der Waals surface area (Å²) in [5.41, 5.74) is -0.0387. The van der Waals surface area contributed by atoms with Crippen LogP contribution in [0.3, 0.4) is 0 Å². The van der Waals surface area contributed by atoms with Crippen molar-refractivity contribution in [2.24, 2.45) is 14.1 Å². The summed E-state index contributed by atoms with van der Waals surface area (Å²) in [5, 5.41) is 0. The van der Waals surface area contributed by atoms with Crippen molar-refractivity contribution < 1.29 is 4.79 Å². The average Bonchev–Trinajstić information content (AvgIpc) is 2.60. The molecule has 0 saturated carbocycles. The van der Waals surface area contributed by atoms with Crippen molar-refractivity contribution in [2.45, 2.75) is 13.0 Å². The van der Waals surface area contributed by atoms with Crippen molar-refractivity contribution in [1.29, 1.82) is 0 Å². The van der Waals surface area contributed by atoms with Gasteiger partial charge in [0, 0.05) is 27.2 Å². The Morgan fingerprint density at radius 2 is 1.79 bits per heavy atom. The number of rotatable bonds is 7. The first-order chi connectivity index (χ1) is 11.5. The molecule has 0 unspecified atom stereocenters. The van der Waals surface area contributed by atoms with E-state index >= 15 is 0 Å². The van der Waals surface area contributed by atoms with Crippen LogP contribution in [0.25, 0.3) is 0 Å². The molecule has 0 radical (unpaired) electrons. The van der Waals surface area contributed by atoms with Crippen LogP contribution in [0.4, 0.5) is 5.82 Å². The number of hydrogen-bond donors (Lipinski definition) is 0. The van der Waals surface area contributed by atoms with Crippen LogP contribution in [0.15, 0.2) is 52.6 Å². The van der Waals surface area contributed by atoms with Crippen LogP contribution >= 0.6 is 0 Å². The van der Waals surface area contributed by atoms with Gasteiger partial charge >= 0.3 is 5.69 Å². The average molecular weight is 327 g/mol. The Labute approximate surface area is 140 Å². The van der Waals surface area contributed by atoms with Crippen molar-refractivity contribution in [3.8, 4) is 0 Å². The number of carbonyl (C=O) groups excluding carboxylic acids is 1. The second-order valence-electron chi connectivity index (χ2n) is 5.55. The number of aldehydes is 1. The molecule has 0 N–H and O–H groups in total. The highest BCUT2D eigenvalue weighted by atomic mass is 16.2. The lowest BCUT2D eigenvalue weighted by molar-refractivity contribution is 0.112. The minimum atomic E-state index is -0.584. The molecule has 0 saturated heterocycles. The van der Waals surface area contributed by atoms with E-state index in [1.807, 2.05) is 35.2 Å². The van der Waals surface area contributed by atoms with Gasteiger partial charge in [0.15, 0.2) is 6.29 Å². The minimum Gasteiger partial charge on any atom is -0.352 e. The zero-order chi connectivity index (χ0) is 17.7. The summed E-state index contributed by atoms with van der Waals surface area (Å²) in [7, 11) is 2.93. The molecule has 2 rings (SSSR count). The maximum Gasteiger partial charge on any atom is 0.332 e. The zero-order valence-electron chi connectivity index (χ0n) is 13.9. The number of hydrogen-bond acceptors (Lipinski definition) is 4. The Balaban J connectivity index is 2.61. The molecule has 0 aliphatic rings. The van der Waals surface area contributed by atoms with Crippen molar-refractivity contribution >= 4 is 12.1 Å². The molecule has 24 heavy (non-hydrogen) atoms. The number of aromatic nitrogens is 2. The summed E-state index contributed by atoms with van der Waals surface area (Å²) in [6.45, 7) is 4.74. The van der Waals surface area contributed by atoms with E-state index in [0.717, 1.165) is 10.1 Å². The first-order valence-corrected chi connectivity index (χ1v) is 7.66. The molecule has 0 bridgehead atoms. The first kappa shape index (κ1) is 17.5. The lowest BCUT2D eigenvalue weighted by Crippen LogP contribution is -2.43. The van der Waals surface area contributed by atoms with Crippen molar-refractivity contribution in [2.75, 3.05) is 11.4 Å². The molecular formula is C18H21N3O3. The van der Waals surface area contributed by atoms with E-state index in [-0.39, 0.29) is 5.56 Å². The molecule has 0 aliphatic heterocycles. The molecule has 0 amide bonds. The Kier molecular flexibility index (Phi) is 5.52. The van der Waals surface area contributed by atoms with Gasteiger partial charge in [0.25, 0.3) is 5.56 Å². The third kappa shape index (κ3) is 3.37. The topological polar surface area (TPSA) is 64.3 Å². The van der Waals surface area contributed by atoms with Gasteiger partial charge in [0.1, 0.15) is 11.4 Å². The van der Waals surface area contributed by atoms with Gasteiger partial charge in [-0.05, 0) is 12.0 Å². The third-order valence-corrected chi connectivity index (χ3v) is 3.90. The Hall–Kier alpha value is -2.89. The van der Waals surface area contributed by atoms with Gasteiger partial charge in [-0.1, -0.05) is 36.4 Å². The summed E-state index contributed by atoms with van der Waals surface area (Å²) < 4.78 is 2.29. The smallest absolute Gasteiger partial charge is 0.332 e. The molecule has 0 fully saturated rings. The summed E-state index contributed by atoms with van der Waals surface area (Å²) in [4.78, 5) is 38.0. The first-order valence-electron chi connectivity index (χ1n) is 7.66. The van der Waals surface area contributed by atoms with Crippen LogP contribution in [0.2, 0.25) is 0 Å². The number of carbonyl (C=O) groups is 1. The molecule has 0 atom stereocenters. The molecule has 2 aromatic rings. The van der Waals surface area contributed by atoms with Gasteiger partial charge in [0.2, 0.25) is 0 Å². The fraction of sp³-hybridized carbons (Fsp3) is 0.278. The molecule has 1 heterocycles. The van der Waals surface area contributed by atoms with Gasteiger partial charge in [-0.15, -0.1) is 6.58 Å². The number of nitrogens with zero attached hydrogens (tertiary/aromatic N) is 3. The minimum absolute atomic E-state index is 0.0143. The van der Waals surface area contributed by atoms with E-state index in [1.54, 1.807) is 13.1 Å². The summed E-state index contributed by atoms with van der Waals surface area (Å²) in [6.07, 6.45) is 2.94. The fourth-order valence-electron chi connectivity index (χ4n) is 2.66. The third-order valence-electron chi connectivity index (χ3n) is 3.90. The van der Waals surface area contributed by atoms with E-state index in [1.165, 1.54) is 11.6 Å². The molecule has 0 aliphatic carbocycles. The highest BCUT2D eigenvalue weighted by Gasteiger charge is 2.20. The van der Waals surface area contributed by atoms with E-state index in [4.69, 9.17) is 0 Å². The maximum absolute atomic E-state index is 12.3. The zero-order valence-corrected chi connectivity index (χ0v) is 13.9. The Morgan fingerprint density at radius 3 is 2.38 bits per heavy atom. The second kappa shape index (κ2) is 7.59. The largest absolute Gasteiger partial charge is 0.352 e. The predicted molar refractivity (Wildman–Crippen MR) is 94.6 cm³/mol. The second-order valence-corrected chi connectivity index (χ2v) is 5.55. The highest BCUT2D eigenvalue weighted by molar-refractivity contribution is 5.82. The lowest BCUT2D eigenvalue weighted by atomic mass is 10.2. The fourth-order valence-corrected chi connectivity index (χ4v) is 2.66. The van der Waals surface area contributed by atoms with Gasteiger partial charge < -0.3 is 4.90 Å². The van der Waals surface area contributed by atoms with Gasteiger partial charge in [0.05, 0.1) is 0 Å². The molecule has 1 aromatic carbocycles. The van der Waals surface area contributed by atoms with E-state index in [2.05, 4.69) is 6.58 Å². The SMILES string of the molecule is C=CCCN(Cc1ccccc1)c1c(C=O)c(=O)n(C)c(=O)n1C. The van der Waals surface area contributed by atoms with Crippen LogP contribution in [0, 0.1) is 0 Å². The highest BCUT2D eigenvalue weighted by Crippen LogP contribution is 2.18. The summed E-state index contributed by atoms with van der Waals surface area (Å²) in [5.74, 6) is 0.337. The molecule has 1 aromatic heterocycles. The molecule has 0 spiro atoms. The molecule has 6 nitrogen and oxygen atoms in total. The standard InChI is InChI=1S/C18H21N3O3/c1-4-5-11-21(12-14-9-7-6-8-10-14)16-15(13-22)17(23)20(3)18(24)19(16)2/h4,6-10,13H,1,5,11-12H2,2-3H3. The summed E-state index contributed by atoms with van der Waals surface area (Å²) in [6, 6.07) is 9.68. The normalized spacial score (nSPS) is 10.4. The van der Waals surface area contributed by atoms with Crippen LogP contribution in [-0.2, 0) is 20.6 Å². The Bertz CT molecular complexity index is 850. The van der Waals surface area contributed by atoms with Gasteiger partial charge in [-0.2, -0.15) is 0 Å². The van der Waals surface area contributed by atoms with Crippen LogP contribution in [0.5, 0.6) is 0 Å². The van der Waals surface area contributed by atoms with Crippen molar-refractivity contribution in [1.82, 2.24) is 9.13 Å². The Morgan fingerprint density at radius 1 is 1.12 bits per heavy atom. The number of anilines is 1. The number of benzene rings is 1.